The quantitative estimate of drug-likeness (QED) is 0.866. The fraction of sp³-hybridized carbons (Fsp3) is 0.500. The first kappa shape index (κ1) is 15.7. The predicted octanol–water partition coefficient (Wildman–Crippen LogP) is 3.81. The number of carbonyl (C=O) groups excluding carboxylic acids is 1. The van der Waals surface area contributed by atoms with Crippen LogP contribution in [0.25, 0.3) is 11.0 Å². The molecule has 4 nitrogen and oxygen atoms in total. The van der Waals surface area contributed by atoms with Crippen molar-refractivity contribution in [3.63, 3.8) is 0 Å². The summed E-state index contributed by atoms with van der Waals surface area (Å²) in [6, 6.07) is 5.55. The summed E-state index contributed by atoms with van der Waals surface area (Å²) in [7, 11) is 0. The molecule has 0 radical (unpaired) electrons. The van der Waals surface area contributed by atoms with Crippen LogP contribution in [0.15, 0.2) is 23.4 Å². The summed E-state index contributed by atoms with van der Waals surface area (Å²) in [4.78, 5) is 22.1. The maximum Gasteiger partial charge on any atom is 0.233 e. The smallest absolute Gasteiger partial charge is 0.233 e. The van der Waals surface area contributed by atoms with Crippen LogP contribution in [0.4, 0.5) is 0 Å². The molecule has 0 spiro atoms. The van der Waals surface area contributed by atoms with Gasteiger partial charge in [-0.1, -0.05) is 37.2 Å². The van der Waals surface area contributed by atoms with Crippen molar-refractivity contribution in [2.45, 2.75) is 25.4 Å². The molecule has 2 atom stereocenters. The second kappa shape index (κ2) is 6.50. The number of halogens is 1. The second-order valence-electron chi connectivity index (χ2n) is 6.24. The van der Waals surface area contributed by atoms with Crippen LogP contribution in [0.2, 0.25) is 5.02 Å². The molecule has 1 aliphatic rings. The zero-order valence-corrected chi connectivity index (χ0v) is 14.4. The van der Waals surface area contributed by atoms with Crippen molar-refractivity contribution in [2.75, 3.05) is 18.8 Å². The number of fused-ring (bicyclic) bond motifs is 1. The molecular formula is C16H20ClN3OS. The van der Waals surface area contributed by atoms with Gasteiger partial charge in [-0.2, -0.15) is 0 Å². The highest BCUT2D eigenvalue weighted by atomic mass is 35.5. The number of hydrogen-bond acceptors (Lipinski definition) is 3. The number of benzene rings is 1. The summed E-state index contributed by atoms with van der Waals surface area (Å²) in [5, 5.41) is 1.45. The van der Waals surface area contributed by atoms with Crippen molar-refractivity contribution in [1.29, 1.82) is 0 Å². The monoisotopic (exact) mass is 337 g/mol. The Bertz CT molecular complexity index is 677. The van der Waals surface area contributed by atoms with Gasteiger partial charge in [-0.25, -0.2) is 4.98 Å². The lowest BCUT2D eigenvalue weighted by molar-refractivity contribution is -0.130. The van der Waals surface area contributed by atoms with E-state index in [9.17, 15) is 4.79 Å². The molecule has 3 rings (SSSR count). The van der Waals surface area contributed by atoms with E-state index in [2.05, 4.69) is 23.8 Å². The molecule has 6 heteroatoms. The third kappa shape index (κ3) is 3.58. The Morgan fingerprint density at radius 2 is 2.14 bits per heavy atom. The van der Waals surface area contributed by atoms with Crippen molar-refractivity contribution in [2.24, 2.45) is 11.8 Å². The number of nitrogens with one attached hydrogen (secondary N) is 1. The van der Waals surface area contributed by atoms with Crippen molar-refractivity contribution < 1.29 is 4.79 Å². The fourth-order valence-electron chi connectivity index (χ4n) is 3.11. The number of nitrogens with zero attached hydrogens (tertiary/aromatic N) is 2. The van der Waals surface area contributed by atoms with Gasteiger partial charge in [0.15, 0.2) is 5.16 Å². The fourth-order valence-corrected chi connectivity index (χ4v) is 4.07. The summed E-state index contributed by atoms with van der Waals surface area (Å²) < 4.78 is 0. The van der Waals surface area contributed by atoms with E-state index in [-0.39, 0.29) is 5.91 Å². The molecule has 1 saturated heterocycles. The second-order valence-corrected chi connectivity index (χ2v) is 7.64. The third-order valence-electron chi connectivity index (χ3n) is 3.98. The minimum Gasteiger partial charge on any atom is -0.341 e. The zero-order valence-electron chi connectivity index (χ0n) is 12.8. The highest BCUT2D eigenvalue weighted by Crippen LogP contribution is 2.24. The largest absolute Gasteiger partial charge is 0.341 e. The molecule has 0 bridgehead atoms. The summed E-state index contributed by atoms with van der Waals surface area (Å²) in [5.74, 6) is 1.80. The number of aromatic amines is 1. The maximum atomic E-state index is 12.4. The van der Waals surface area contributed by atoms with E-state index in [4.69, 9.17) is 11.6 Å². The van der Waals surface area contributed by atoms with Gasteiger partial charge in [-0.3, -0.25) is 4.79 Å². The van der Waals surface area contributed by atoms with Crippen LogP contribution in [0, 0.1) is 11.8 Å². The first-order chi connectivity index (χ1) is 10.5. The van der Waals surface area contributed by atoms with Gasteiger partial charge in [0.25, 0.3) is 0 Å². The average molecular weight is 338 g/mol. The van der Waals surface area contributed by atoms with Crippen LogP contribution in [0.5, 0.6) is 0 Å². The first-order valence-corrected chi connectivity index (χ1v) is 8.93. The molecule has 0 saturated carbocycles. The van der Waals surface area contributed by atoms with Gasteiger partial charge in [0.2, 0.25) is 5.91 Å². The molecule has 22 heavy (non-hydrogen) atoms. The van der Waals surface area contributed by atoms with E-state index in [1.807, 2.05) is 23.1 Å². The summed E-state index contributed by atoms with van der Waals surface area (Å²) in [6.07, 6.45) is 1.21. The molecule has 0 unspecified atom stereocenters. The van der Waals surface area contributed by atoms with Crippen molar-refractivity contribution in [3.05, 3.63) is 23.2 Å². The number of imidazole rings is 1. The topological polar surface area (TPSA) is 49.0 Å². The van der Waals surface area contributed by atoms with E-state index in [1.165, 1.54) is 18.2 Å². The van der Waals surface area contributed by atoms with Gasteiger partial charge >= 0.3 is 0 Å². The molecule has 1 N–H and O–H groups in total. The number of aromatic nitrogens is 2. The maximum absolute atomic E-state index is 12.4. The zero-order chi connectivity index (χ0) is 15.7. The van der Waals surface area contributed by atoms with Crippen LogP contribution in [-0.2, 0) is 4.79 Å². The first-order valence-electron chi connectivity index (χ1n) is 7.57. The van der Waals surface area contributed by atoms with Crippen molar-refractivity contribution in [3.8, 4) is 0 Å². The normalized spacial score (nSPS) is 22.2. The molecule has 2 aromatic rings. The third-order valence-corrected chi connectivity index (χ3v) is 5.07. The van der Waals surface area contributed by atoms with E-state index < -0.39 is 0 Å². The van der Waals surface area contributed by atoms with Crippen LogP contribution in [0.1, 0.15) is 20.3 Å². The Balaban J connectivity index is 1.62. The Kier molecular flexibility index (Phi) is 4.64. The standard InChI is InChI=1S/C16H20ClN3OS/c1-10-5-11(2)8-20(7-10)15(21)9-22-16-18-13-4-3-12(17)6-14(13)19-16/h3-4,6,10-11H,5,7-9H2,1-2H3,(H,18,19)/t10-,11-/m1/s1. The lowest BCUT2D eigenvalue weighted by atomic mass is 9.92. The van der Waals surface area contributed by atoms with Gasteiger partial charge < -0.3 is 9.88 Å². The Hall–Kier alpha value is -1.20. The lowest BCUT2D eigenvalue weighted by Crippen LogP contribution is -2.43. The van der Waals surface area contributed by atoms with Crippen LogP contribution in [-0.4, -0.2) is 39.6 Å². The number of hydrogen-bond donors (Lipinski definition) is 1. The van der Waals surface area contributed by atoms with E-state index in [0.29, 0.717) is 22.6 Å². The van der Waals surface area contributed by atoms with Gasteiger partial charge in [0, 0.05) is 18.1 Å². The van der Waals surface area contributed by atoms with Gasteiger partial charge in [-0.05, 0) is 36.5 Å². The molecule has 118 valence electrons. The number of H-pyrrole nitrogens is 1. The van der Waals surface area contributed by atoms with Crippen LogP contribution < -0.4 is 0 Å². The minimum absolute atomic E-state index is 0.196. The molecule has 1 amide bonds. The molecule has 1 aliphatic heterocycles. The molecule has 2 heterocycles. The predicted molar refractivity (Wildman–Crippen MR) is 91.4 cm³/mol. The number of amides is 1. The molecular weight excluding hydrogens is 318 g/mol. The molecule has 1 aromatic carbocycles. The van der Waals surface area contributed by atoms with Crippen LogP contribution >= 0.6 is 23.4 Å². The Morgan fingerprint density at radius 1 is 1.41 bits per heavy atom. The number of rotatable bonds is 3. The van der Waals surface area contributed by atoms with Crippen molar-refractivity contribution >= 4 is 40.3 Å². The average Bonchev–Trinajstić information content (AvgIpc) is 2.85. The number of carbonyl (C=O) groups is 1. The van der Waals surface area contributed by atoms with Gasteiger partial charge in [-0.15, -0.1) is 0 Å². The molecule has 0 aliphatic carbocycles. The van der Waals surface area contributed by atoms with Gasteiger partial charge in [0.05, 0.1) is 16.8 Å². The summed E-state index contributed by atoms with van der Waals surface area (Å²) >= 11 is 7.42. The number of likely N-dealkylation sites (tertiary alicyclic amines) is 1. The SMILES string of the molecule is C[C@@H]1C[C@@H](C)CN(C(=O)CSc2nc3ccc(Cl)cc3[nH]2)C1. The molecule has 1 aromatic heterocycles. The minimum atomic E-state index is 0.196. The van der Waals surface area contributed by atoms with Crippen molar-refractivity contribution in [1.82, 2.24) is 14.9 Å². The number of thioether (sulfide) groups is 1. The van der Waals surface area contributed by atoms with Gasteiger partial charge in [0.1, 0.15) is 0 Å². The highest BCUT2D eigenvalue weighted by molar-refractivity contribution is 7.99. The van der Waals surface area contributed by atoms with Crippen LogP contribution in [0.3, 0.4) is 0 Å². The lowest BCUT2D eigenvalue weighted by Gasteiger charge is -2.34. The van der Waals surface area contributed by atoms with E-state index in [1.54, 1.807) is 0 Å². The highest BCUT2D eigenvalue weighted by Gasteiger charge is 2.25. The number of piperidine rings is 1. The Labute approximate surface area is 139 Å². The summed E-state index contributed by atoms with van der Waals surface area (Å²) in [6.45, 7) is 6.18. The Morgan fingerprint density at radius 3 is 2.86 bits per heavy atom. The van der Waals surface area contributed by atoms with E-state index >= 15 is 0 Å². The molecule has 1 fully saturated rings. The summed E-state index contributed by atoms with van der Waals surface area (Å²) in [5.41, 5.74) is 1.78. The van der Waals surface area contributed by atoms with E-state index in [0.717, 1.165) is 29.3 Å².